The van der Waals surface area contributed by atoms with Crippen LogP contribution in [-0.4, -0.2) is 11.3 Å². The Bertz CT molecular complexity index is 268. The number of hydrogen-bond acceptors (Lipinski definition) is 3. The second-order valence-electron chi connectivity index (χ2n) is 2.62. The van der Waals surface area contributed by atoms with Crippen LogP contribution in [0.5, 0.6) is 0 Å². The summed E-state index contributed by atoms with van der Waals surface area (Å²) in [6.07, 6.45) is 1.67. The van der Waals surface area contributed by atoms with Crippen LogP contribution in [0.4, 0.5) is 0 Å². The molecule has 12 heavy (non-hydrogen) atoms. The van der Waals surface area contributed by atoms with E-state index in [2.05, 4.69) is 22.6 Å². The van der Waals surface area contributed by atoms with Crippen molar-refractivity contribution in [1.29, 1.82) is 0 Å². The Morgan fingerprint density at radius 2 is 2.08 bits per heavy atom. The maximum Gasteiger partial charge on any atom is 0.157 e. The lowest BCUT2D eigenvalue weighted by molar-refractivity contribution is 0.357. The van der Waals surface area contributed by atoms with Gasteiger partial charge in [0.05, 0.1) is 6.54 Å². The SMILES string of the molecule is [CH]1NC=NN1Cc1ccccc1. The Balaban J connectivity index is 1.99. The molecule has 0 bridgehead atoms. The van der Waals surface area contributed by atoms with Gasteiger partial charge >= 0.3 is 0 Å². The van der Waals surface area contributed by atoms with Crippen LogP contribution in [0.2, 0.25) is 0 Å². The highest BCUT2D eigenvalue weighted by Gasteiger charge is 2.04. The predicted molar refractivity (Wildman–Crippen MR) is 47.9 cm³/mol. The molecular weight excluding hydrogens is 150 g/mol. The Kier molecular flexibility index (Phi) is 1.94. The van der Waals surface area contributed by atoms with Crippen molar-refractivity contribution in [3.8, 4) is 0 Å². The van der Waals surface area contributed by atoms with Crippen LogP contribution in [0.25, 0.3) is 0 Å². The highest BCUT2D eigenvalue weighted by molar-refractivity contribution is 5.56. The topological polar surface area (TPSA) is 27.6 Å². The number of benzene rings is 1. The summed E-state index contributed by atoms with van der Waals surface area (Å²) in [5, 5.41) is 8.83. The summed E-state index contributed by atoms with van der Waals surface area (Å²) in [7, 11) is 0. The molecule has 0 saturated heterocycles. The first-order valence-corrected chi connectivity index (χ1v) is 3.87. The van der Waals surface area contributed by atoms with Gasteiger partial charge in [0.1, 0.15) is 6.34 Å². The molecular formula is C9H10N3. The van der Waals surface area contributed by atoms with Gasteiger partial charge in [0, 0.05) is 0 Å². The third-order valence-corrected chi connectivity index (χ3v) is 1.69. The molecule has 0 aliphatic carbocycles. The highest BCUT2D eigenvalue weighted by Crippen LogP contribution is 2.06. The lowest BCUT2D eigenvalue weighted by atomic mass is 10.2. The Hall–Kier alpha value is -1.51. The Labute approximate surface area is 71.7 Å². The summed E-state index contributed by atoms with van der Waals surface area (Å²) in [4.78, 5) is 0. The molecule has 0 saturated carbocycles. The minimum Gasteiger partial charge on any atom is -0.350 e. The minimum absolute atomic E-state index is 0.824. The van der Waals surface area contributed by atoms with Crippen LogP contribution in [-0.2, 0) is 6.54 Å². The lowest BCUT2D eigenvalue weighted by Gasteiger charge is -2.11. The third-order valence-electron chi connectivity index (χ3n) is 1.69. The van der Waals surface area contributed by atoms with Crippen molar-refractivity contribution in [2.75, 3.05) is 0 Å². The van der Waals surface area contributed by atoms with Crippen LogP contribution in [0.1, 0.15) is 5.56 Å². The van der Waals surface area contributed by atoms with Crippen molar-refractivity contribution in [2.45, 2.75) is 6.54 Å². The van der Waals surface area contributed by atoms with E-state index in [1.54, 1.807) is 6.34 Å². The summed E-state index contributed by atoms with van der Waals surface area (Å²) in [5.74, 6) is 0. The predicted octanol–water partition coefficient (Wildman–Crippen LogP) is 1.15. The van der Waals surface area contributed by atoms with E-state index in [9.17, 15) is 0 Å². The first-order chi connectivity index (χ1) is 5.95. The summed E-state index contributed by atoms with van der Waals surface area (Å²) >= 11 is 0. The molecule has 1 aliphatic heterocycles. The second-order valence-corrected chi connectivity index (χ2v) is 2.62. The van der Waals surface area contributed by atoms with Crippen molar-refractivity contribution in [1.82, 2.24) is 10.3 Å². The molecule has 0 amide bonds. The number of nitrogens with one attached hydrogen (secondary N) is 1. The van der Waals surface area contributed by atoms with E-state index in [1.807, 2.05) is 29.9 Å². The Morgan fingerprint density at radius 3 is 2.75 bits per heavy atom. The van der Waals surface area contributed by atoms with Gasteiger partial charge in [-0.15, -0.1) is 0 Å². The summed E-state index contributed by atoms with van der Waals surface area (Å²) in [5.41, 5.74) is 1.26. The van der Waals surface area contributed by atoms with E-state index in [0.29, 0.717) is 0 Å². The zero-order valence-electron chi connectivity index (χ0n) is 6.64. The van der Waals surface area contributed by atoms with Gasteiger partial charge in [-0.2, -0.15) is 5.10 Å². The van der Waals surface area contributed by atoms with Crippen LogP contribution in [0, 0.1) is 6.67 Å². The fraction of sp³-hybridized carbons (Fsp3) is 0.111. The molecule has 1 heterocycles. The zero-order valence-corrected chi connectivity index (χ0v) is 6.64. The molecule has 0 unspecified atom stereocenters. The molecule has 0 fully saturated rings. The summed E-state index contributed by atoms with van der Waals surface area (Å²) in [6, 6.07) is 10.2. The largest absolute Gasteiger partial charge is 0.350 e. The maximum atomic E-state index is 4.07. The fourth-order valence-corrected chi connectivity index (χ4v) is 1.12. The third kappa shape index (κ3) is 1.56. The average molecular weight is 160 g/mol. The molecule has 0 spiro atoms. The maximum absolute atomic E-state index is 4.07. The van der Waals surface area contributed by atoms with Crippen LogP contribution >= 0.6 is 0 Å². The van der Waals surface area contributed by atoms with Gasteiger partial charge in [-0.05, 0) is 5.56 Å². The molecule has 1 radical (unpaired) electrons. The van der Waals surface area contributed by atoms with E-state index in [0.717, 1.165) is 6.54 Å². The molecule has 1 aromatic carbocycles. The van der Waals surface area contributed by atoms with Crippen molar-refractivity contribution in [3.63, 3.8) is 0 Å². The van der Waals surface area contributed by atoms with Crippen molar-refractivity contribution in [2.24, 2.45) is 5.10 Å². The van der Waals surface area contributed by atoms with E-state index in [-0.39, 0.29) is 0 Å². The number of hydrazone groups is 1. The average Bonchev–Trinajstić information content (AvgIpc) is 2.59. The monoisotopic (exact) mass is 160 g/mol. The van der Waals surface area contributed by atoms with Gasteiger partial charge < -0.3 is 5.32 Å². The molecule has 0 aromatic heterocycles. The standard InChI is InChI=1S/C9H10N3/c1-2-4-9(5-3-1)6-12-8-10-7-11-12/h1-5,7-8H,6H2,(H,10,11). The molecule has 0 atom stereocenters. The van der Waals surface area contributed by atoms with Crippen LogP contribution in [0.3, 0.4) is 0 Å². The number of nitrogens with zero attached hydrogens (tertiary/aromatic N) is 2. The molecule has 1 N–H and O–H groups in total. The fourth-order valence-electron chi connectivity index (χ4n) is 1.12. The minimum atomic E-state index is 0.824. The van der Waals surface area contributed by atoms with E-state index in [1.165, 1.54) is 5.56 Å². The van der Waals surface area contributed by atoms with Gasteiger partial charge in [0.25, 0.3) is 0 Å². The van der Waals surface area contributed by atoms with Gasteiger partial charge in [0.15, 0.2) is 6.67 Å². The Morgan fingerprint density at radius 1 is 1.25 bits per heavy atom. The van der Waals surface area contributed by atoms with E-state index >= 15 is 0 Å². The summed E-state index contributed by atoms with van der Waals surface area (Å²) in [6.45, 7) is 2.66. The summed E-state index contributed by atoms with van der Waals surface area (Å²) < 4.78 is 0. The van der Waals surface area contributed by atoms with Crippen LogP contribution < -0.4 is 5.32 Å². The number of rotatable bonds is 2. The first kappa shape index (κ1) is 7.16. The van der Waals surface area contributed by atoms with Gasteiger partial charge in [-0.25, -0.2) is 0 Å². The van der Waals surface area contributed by atoms with E-state index < -0.39 is 0 Å². The molecule has 2 rings (SSSR count). The molecule has 3 nitrogen and oxygen atoms in total. The second kappa shape index (κ2) is 3.26. The van der Waals surface area contributed by atoms with Gasteiger partial charge in [-0.1, -0.05) is 30.3 Å². The lowest BCUT2D eigenvalue weighted by Crippen LogP contribution is -2.14. The first-order valence-electron chi connectivity index (χ1n) is 3.87. The smallest absolute Gasteiger partial charge is 0.157 e. The molecule has 61 valence electrons. The van der Waals surface area contributed by atoms with Crippen molar-refractivity contribution >= 4 is 6.34 Å². The quantitative estimate of drug-likeness (QED) is 0.702. The zero-order chi connectivity index (χ0) is 8.23. The van der Waals surface area contributed by atoms with Gasteiger partial charge in [-0.3, -0.25) is 5.01 Å². The normalized spacial score (nSPS) is 14.8. The molecule has 1 aliphatic rings. The molecule has 1 aromatic rings. The molecule has 3 heteroatoms. The highest BCUT2D eigenvalue weighted by atomic mass is 15.5. The van der Waals surface area contributed by atoms with Crippen molar-refractivity contribution < 1.29 is 0 Å². The van der Waals surface area contributed by atoms with E-state index in [4.69, 9.17) is 0 Å². The van der Waals surface area contributed by atoms with Gasteiger partial charge in [0.2, 0.25) is 0 Å². The van der Waals surface area contributed by atoms with Crippen molar-refractivity contribution in [3.05, 3.63) is 42.6 Å². The van der Waals surface area contributed by atoms with Crippen LogP contribution in [0.15, 0.2) is 35.4 Å². The number of hydrogen-bond donors (Lipinski definition) is 1.